The van der Waals surface area contributed by atoms with Crippen molar-refractivity contribution in [2.45, 2.75) is 18.6 Å². The predicted molar refractivity (Wildman–Crippen MR) is 114 cm³/mol. The van der Waals surface area contributed by atoms with Crippen molar-refractivity contribution in [2.75, 3.05) is 5.32 Å². The zero-order chi connectivity index (χ0) is 21.5. The van der Waals surface area contributed by atoms with Gasteiger partial charge in [0, 0.05) is 18.2 Å². The Hall–Kier alpha value is -3.66. The van der Waals surface area contributed by atoms with Crippen molar-refractivity contribution in [2.24, 2.45) is 10.2 Å². The van der Waals surface area contributed by atoms with E-state index in [0.29, 0.717) is 22.7 Å². The van der Waals surface area contributed by atoms with Crippen LogP contribution in [0.2, 0.25) is 0 Å². The molecule has 30 heavy (non-hydrogen) atoms. The van der Waals surface area contributed by atoms with E-state index < -0.39 is 17.1 Å². The number of carbonyl (C=O) groups excluding carboxylic acids is 2. The second kappa shape index (κ2) is 9.70. The fourth-order valence-corrected chi connectivity index (χ4v) is 3.42. The SMILES string of the molecule is CC(=O)Nc1ccc(Oc2ccccc2C=NN=C2NC(=O)C(CC(=O)O)S2)cc1. The summed E-state index contributed by atoms with van der Waals surface area (Å²) in [6, 6.07) is 14.1. The first kappa shape index (κ1) is 21.1. The lowest BCUT2D eigenvalue weighted by Gasteiger charge is -2.09. The Labute approximate surface area is 176 Å². The third-order valence-electron chi connectivity index (χ3n) is 3.80. The van der Waals surface area contributed by atoms with Crippen LogP contribution < -0.4 is 15.4 Å². The smallest absolute Gasteiger partial charge is 0.305 e. The van der Waals surface area contributed by atoms with Crippen LogP contribution in [0.25, 0.3) is 0 Å². The van der Waals surface area contributed by atoms with Gasteiger partial charge in [0.15, 0.2) is 5.17 Å². The van der Waals surface area contributed by atoms with Gasteiger partial charge in [0.1, 0.15) is 16.7 Å². The van der Waals surface area contributed by atoms with Gasteiger partial charge in [-0.25, -0.2) is 0 Å². The molecular formula is C20H18N4O5S. The van der Waals surface area contributed by atoms with Gasteiger partial charge in [0.25, 0.3) is 0 Å². The third-order valence-corrected chi connectivity index (χ3v) is 4.88. The van der Waals surface area contributed by atoms with Crippen molar-refractivity contribution in [1.82, 2.24) is 5.32 Å². The molecule has 2 amide bonds. The fraction of sp³-hybridized carbons (Fsp3) is 0.150. The van der Waals surface area contributed by atoms with Gasteiger partial charge in [-0.1, -0.05) is 23.9 Å². The zero-order valence-electron chi connectivity index (χ0n) is 15.9. The van der Waals surface area contributed by atoms with Gasteiger partial charge in [0.05, 0.1) is 12.6 Å². The largest absolute Gasteiger partial charge is 0.481 e. The van der Waals surface area contributed by atoms with E-state index in [1.54, 1.807) is 36.4 Å². The fourth-order valence-electron chi connectivity index (χ4n) is 2.51. The molecule has 2 aromatic rings. The van der Waals surface area contributed by atoms with Crippen LogP contribution in [0.1, 0.15) is 18.9 Å². The number of carbonyl (C=O) groups is 3. The number of thioether (sulfide) groups is 1. The number of nitrogens with zero attached hydrogens (tertiary/aromatic N) is 2. The Balaban J connectivity index is 1.67. The molecule has 154 valence electrons. The number of benzene rings is 2. The van der Waals surface area contributed by atoms with E-state index >= 15 is 0 Å². The highest BCUT2D eigenvalue weighted by Gasteiger charge is 2.32. The number of hydrogen-bond donors (Lipinski definition) is 3. The van der Waals surface area contributed by atoms with Crippen LogP contribution >= 0.6 is 11.8 Å². The number of ether oxygens (including phenoxy) is 1. The lowest BCUT2D eigenvalue weighted by atomic mass is 10.2. The molecular weight excluding hydrogens is 408 g/mol. The molecule has 0 spiro atoms. The average molecular weight is 426 g/mol. The minimum atomic E-state index is -1.05. The number of aliphatic carboxylic acids is 1. The summed E-state index contributed by atoms with van der Waals surface area (Å²) < 4.78 is 5.88. The highest BCUT2D eigenvalue weighted by Crippen LogP contribution is 2.26. The van der Waals surface area contributed by atoms with E-state index in [1.807, 2.05) is 12.1 Å². The van der Waals surface area contributed by atoms with Gasteiger partial charge in [-0.15, -0.1) is 5.10 Å². The standard InChI is InChI=1S/C20H18N4O5S/c1-12(25)22-14-6-8-15(9-7-14)29-16-5-3-2-4-13(16)11-21-24-20-23-19(28)17(30-20)10-18(26)27/h2-9,11,17H,10H2,1H3,(H,22,25)(H,26,27)(H,23,24,28). The first-order chi connectivity index (χ1) is 14.4. The molecule has 1 heterocycles. The highest BCUT2D eigenvalue weighted by molar-refractivity contribution is 8.15. The normalized spacial score (nSPS) is 17.2. The minimum Gasteiger partial charge on any atom is -0.481 e. The lowest BCUT2D eigenvalue weighted by Crippen LogP contribution is -2.26. The summed E-state index contributed by atoms with van der Waals surface area (Å²) in [5.41, 5.74) is 1.32. The molecule has 9 nitrogen and oxygen atoms in total. The molecule has 3 N–H and O–H groups in total. The Morgan fingerprint density at radius 2 is 1.97 bits per heavy atom. The van der Waals surface area contributed by atoms with Gasteiger partial charge in [-0.2, -0.15) is 5.10 Å². The van der Waals surface area contributed by atoms with Gasteiger partial charge >= 0.3 is 5.97 Å². The third kappa shape index (κ3) is 5.92. The molecule has 0 aliphatic carbocycles. The number of para-hydroxylation sites is 1. The number of amides is 2. The summed E-state index contributed by atoms with van der Waals surface area (Å²) in [7, 11) is 0. The van der Waals surface area contributed by atoms with Crippen LogP contribution in [-0.2, 0) is 14.4 Å². The molecule has 1 aliphatic rings. The van der Waals surface area contributed by atoms with Gasteiger partial charge in [-0.3, -0.25) is 14.4 Å². The monoisotopic (exact) mass is 426 g/mol. The second-order valence-corrected chi connectivity index (χ2v) is 7.38. The van der Waals surface area contributed by atoms with Crippen LogP contribution in [0.15, 0.2) is 58.7 Å². The van der Waals surface area contributed by atoms with Crippen molar-refractivity contribution < 1.29 is 24.2 Å². The molecule has 0 aromatic heterocycles. The van der Waals surface area contributed by atoms with E-state index in [1.165, 1.54) is 13.1 Å². The van der Waals surface area contributed by atoms with Crippen LogP contribution in [-0.4, -0.2) is 39.5 Å². The number of rotatable bonds is 7. The number of hydrogen-bond acceptors (Lipinski definition) is 7. The van der Waals surface area contributed by atoms with Crippen molar-refractivity contribution in [1.29, 1.82) is 0 Å². The van der Waals surface area contributed by atoms with Crippen molar-refractivity contribution >= 4 is 46.6 Å². The Morgan fingerprint density at radius 1 is 1.23 bits per heavy atom. The number of carboxylic acids is 1. The molecule has 3 rings (SSSR count). The van der Waals surface area contributed by atoms with E-state index in [2.05, 4.69) is 20.8 Å². The first-order valence-corrected chi connectivity index (χ1v) is 9.73. The van der Waals surface area contributed by atoms with E-state index in [9.17, 15) is 14.4 Å². The van der Waals surface area contributed by atoms with E-state index in [0.717, 1.165) is 11.8 Å². The maximum absolute atomic E-state index is 11.7. The zero-order valence-corrected chi connectivity index (χ0v) is 16.7. The molecule has 2 aromatic carbocycles. The summed E-state index contributed by atoms with van der Waals surface area (Å²) in [6.07, 6.45) is 1.20. The van der Waals surface area contributed by atoms with Crippen LogP contribution in [0.4, 0.5) is 5.69 Å². The molecule has 0 radical (unpaired) electrons. The molecule has 1 aliphatic heterocycles. The van der Waals surface area contributed by atoms with Crippen LogP contribution in [0.3, 0.4) is 0 Å². The van der Waals surface area contributed by atoms with Crippen molar-refractivity contribution in [3.05, 3.63) is 54.1 Å². The van der Waals surface area contributed by atoms with Gasteiger partial charge in [0.2, 0.25) is 11.8 Å². The highest BCUT2D eigenvalue weighted by atomic mass is 32.2. The van der Waals surface area contributed by atoms with Gasteiger partial charge in [-0.05, 0) is 36.4 Å². The summed E-state index contributed by atoms with van der Waals surface area (Å²) in [6.45, 7) is 1.44. The second-order valence-electron chi connectivity index (χ2n) is 6.19. The molecule has 0 bridgehead atoms. The Morgan fingerprint density at radius 3 is 2.67 bits per heavy atom. The average Bonchev–Trinajstić information content (AvgIpc) is 3.03. The first-order valence-electron chi connectivity index (χ1n) is 8.85. The number of anilines is 1. The topological polar surface area (TPSA) is 129 Å². The number of carboxylic acid groups (broad SMARTS) is 1. The molecule has 1 atom stereocenters. The lowest BCUT2D eigenvalue weighted by molar-refractivity contribution is -0.138. The molecule has 1 saturated heterocycles. The van der Waals surface area contributed by atoms with Crippen LogP contribution in [0.5, 0.6) is 11.5 Å². The minimum absolute atomic E-state index is 0.155. The summed E-state index contributed by atoms with van der Waals surface area (Å²) >= 11 is 1.03. The maximum Gasteiger partial charge on any atom is 0.305 e. The summed E-state index contributed by atoms with van der Waals surface area (Å²) in [4.78, 5) is 33.6. The van der Waals surface area contributed by atoms with Gasteiger partial charge < -0.3 is 20.5 Å². The molecule has 1 fully saturated rings. The quantitative estimate of drug-likeness (QED) is 0.461. The van der Waals surface area contributed by atoms with Crippen LogP contribution in [0, 0.1) is 0 Å². The molecule has 10 heteroatoms. The maximum atomic E-state index is 11.7. The molecule has 1 unspecified atom stereocenters. The molecule has 0 saturated carbocycles. The summed E-state index contributed by atoms with van der Waals surface area (Å²) in [5, 5.41) is 21.4. The van der Waals surface area contributed by atoms with Crippen molar-refractivity contribution in [3.63, 3.8) is 0 Å². The Kier molecular flexibility index (Phi) is 6.81. The Bertz CT molecular complexity index is 1020. The van der Waals surface area contributed by atoms with Crippen molar-refractivity contribution in [3.8, 4) is 11.5 Å². The van der Waals surface area contributed by atoms with E-state index in [4.69, 9.17) is 9.84 Å². The number of nitrogens with one attached hydrogen (secondary N) is 2. The predicted octanol–water partition coefficient (Wildman–Crippen LogP) is 2.83. The summed E-state index contributed by atoms with van der Waals surface area (Å²) in [5.74, 6) is -0.490. The number of amidine groups is 1. The van der Waals surface area contributed by atoms with E-state index in [-0.39, 0.29) is 17.5 Å².